The number of benzene rings is 2. The van der Waals surface area contributed by atoms with E-state index in [1.165, 1.54) is 16.4 Å². The Balaban J connectivity index is 1.45. The van der Waals surface area contributed by atoms with Crippen molar-refractivity contribution in [2.45, 2.75) is 31.1 Å². The number of morpholine rings is 1. The molecule has 2 aliphatic rings. The van der Waals surface area contributed by atoms with Crippen molar-refractivity contribution in [3.8, 4) is 5.75 Å². The van der Waals surface area contributed by atoms with Gasteiger partial charge in [-0.2, -0.15) is 4.31 Å². The molecule has 2 aromatic rings. The first-order chi connectivity index (χ1) is 17.4. The highest BCUT2D eigenvalue weighted by Gasteiger charge is 2.29. The molecule has 2 saturated heterocycles. The largest absolute Gasteiger partial charge is 0.484 e. The Labute approximate surface area is 211 Å². The number of amides is 2. The number of hydrazine groups is 1. The van der Waals surface area contributed by atoms with Crippen molar-refractivity contribution in [2.24, 2.45) is 0 Å². The normalized spacial score (nSPS) is 16.5. The summed E-state index contributed by atoms with van der Waals surface area (Å²) >= 11 is 0. The average molecular weight is 517 g/mol. The lowest BCUT2D eigenvalue weighted by atomic mass is 10.1. The van der Waals surface area contributed by atoms with E-state index in [9.17, 15) is 18.0 Å². The Morgan fingerprint density at radius 3 is 2.33 bits per heavy atom. The first-order valence-corrected chi connectivity index (χ1v) is 13.6. The van der Waals surface area contributed by atoms with E-state index in [0.717, 1.165) is 37.9 Å². The van der Waals surface area contributed by atoms with E-state index in [4.69, 9.17) is 9.47 Å². The third-order valence-corrected chi connectivity index (χ3v) is 8.18. The zero-order valence-electron chi connectivity index (χ0n) is 20.4. The van der Waals surface area contributed by atoms with Gasteiger partial charge in [-0.15, -0.1) is 0 Å². The van der Waals surface area contributed by atoms with E-state index in [-0.39, 0.29) is 30.2 Å². The minimum atomic E-state index is -3.79. The summed E-state index contributed by atoms with van der Waals surface area (Å²) in [5, 5.41) is 0. The number of aryl methyl sites for hydroxylation is 1. The summed E-state index contributed by atoms with van der Waals surface area (Å²) in [7, 11) is -3.79. The topological polar surface area (TPSA) is 117 Å². The van der Waals surface area contributed by atoms with Crippen molar-refractivity contribution in [1.82, 2.24) is 15.2 Å². The van der Waals surface area contributed by atoms with Crippen LogP contribution in [0.5, 0.6) is 5.75 Å². The molecule has 2 amide bonds. The molecule has 0 radical (unpaired) electrons. The van der Waals surface area contributed by atoms with E-state index < -0.39 is 21.8 Å². The fraction of sp³-hybridized carbons (Fsp3) is 0.440. The average Bonchev–Trinajstić information content (AvgIpc) is 3.46. The van der Waals surface area contributed by atoms with Crippen LogP contribution >= 0.6 is 0 Å². The molecule has 0 aliphatic carbocycles. The van der Waals surface area contributed by atoms with E-state index in [2.05, 4.69) is 17.8 Å². The number of anilines is 1. The standard InChI is InChI=1S/C25H32N4O6S/c1-2-19-5-7-20(8-6-19)35-18-24(30)26-27-25(31)22-17-21(9-10-23(22)28-11-3-4-12-28)36(32,33)29-13-15-34-16-14-29/h5-10,17H,2-4,11-16,18H2,1H3,(H,26,30)(H,27,31). The van der Waals surface area contributed by atoms with Crippen LogP contribution in [-0.2, 0) is 26.0 Å². The molecule has 0 spiro atoms. The number of carbonyl (C=O) groups excluding carboxylic acids is 2. The van der Waals surface area contributed by atoms with Gasteiger partial charge in [-0.05, 0) is 55.2 Å². The molecule has 0 aromatic heterocycles. The van der Waals surface area contributed by atoms with Crippen LogP contribution < -0.4 is 20.5 Å². The van der Waals surface area contributed by atoms with Crippen molar-refractivity contribution in [1.29, 1.82) is 0 Å². The Bertz CT molecular complexity index is 1170. The van der Waals surface area contributed by atoms with Gasteiger partial charge in [0, 0.05) is 31.9 Å². The maximum absolute atomic E-state index is 13.2. The first-order valence-electron chi connectivity index (χ1n) is 12.2. The fourth-order valence-electron chi connectivity index (χ4n) is 4.23. The lowest BCUT2D eigenvalue weighted by Gasteiger charge is -2.27. The van der Waals surface area contributed by atoms with Gasteiger partial charge in [0.25, 0.3) is 11.8 Å². The maximum Gasteiger partial charge on any atom is 0.276 e. The second-order valence-electron chi connectivity index (χ2n) is 8.68. The van der Waals surface area contributed by atoms with Crippen molar-refractivity contribution < 1.29 is 27.5 Å². The monoisotopic (exact) mass is 516 g/mol. The third-order valence-electron chi connectivity index (χ3n) is 6.28. The van der Waals surface area contributed by atoms with Gasteiger partial charge in [0.2, 0.25) is 10.0 Å². The molecule has 4 rings (SSSR count). The molecule has 2 heterocycles. The second-order valence-corrected chi connectivity index (χ2v) is 10.6. The number of hydrogen-bond donors (Lipinski definition) is 2. The Kier molecular flexibility index (Phi) is 8.44. The lowest BCUT2D eigenvalue weighted by molar-refractivity contribution is -0.123. The van der Waals surface area contributed by atoms with Gasteiger partial charge in [-0.25, -0.2) is 8.42 Å². The van der Waals surface area contributed by atoms with Gasteiger partial charge in [0.15, 0.2) is 6.61 Å². The highest BCUT2D eigenvalue weighted by Crippen LogP contribution is 2.28. The molecule has 0 bridgehead atoms. The molecule has 11 heteroatoms. The highest BCUT2D eigenvalue weighted by atomic mass is 32.2. The zero-order valence-corrected chi connectivity index (χ0v) is 21.2. The molecule has 194 valence electrons. The number of nitrogens with zero attached hydrogens (tertiary/aromatic N) is 2. The number of sulfonamides is 1. The summed E-state index contributed by atoms with van der Waals surface area (Å²) in [6.07, 6.45) is 2.88. The minimum absolute atomic E-state index is 0.0303. The van der Waals surface area contributed by atoms with Gasteiger partial charge in [-0.1, -0.05) is 19.1 Å². The Hall–Kier alpha value is -3.15. The first kappa shape index (κ1) is 25.9. The highest BCUT2D eigenvalue weighted by molar-refractivity contribution is 7.89. The summed E-state index contributed by atoms with van der Waals surface area (Å²) in [6, 6.07) is 12.0. The number of rotatable bonds is 8. The summed E-state index contributed by atoms with van der Waals surface area (Å²) in [5.41, 5.74) is 6.73. The van der Waals surface area contributed by atoms with Crippen molar-refractivity contribution in [3.05, 3.63) is 53.6 Å². The number of hydrogen-bond acceptors (Lipinski definition) is 7. The molecule has 0 atom stereocenters. The van der Waals surface area contributed by atoms with Gasteiger partial charge in [0.1, 0.15) is 5.75 Å². The predicted molar refractivity (Wildman–Crippen MR) is 134 cm³/mol. The Morgan fingerprint density at radius 2 is 1.67 bits per heavy atom. The maximum atomic E-state index is 13.2. The Morgan fingerprint density at radius 1 is 0.972 bits per heavy atom. The van der Waals surface area contributed by atoms with Crippen molar-refractivity contribution >= 4 is 27.5 Å². The quantitative estimate of drug-likeness (QED) is 0.513. The van der Waals surface area contributed by atoms with Crippen molar-refractivity contribution in [3.63, 3.8) is 0 Å². The molecular weight excluding hydrogens is 484 g/mol. The van der Waals surface area contributed by atoms with Gasteiger partial charge < -0.3 is 14.4 Å². The zero-order chi connectivity index (χ0) is 25.5. The van der Waals surface area contributed by atoms with E-state index in [1.807, 2.05) is 17.0 Å². The van der Waals surface area contributed by atoms with Gasteiger partial charge in [-0.3, -0.25) is 20.4 Å². The van der Waals surface area contributed by atoms with Crippen LogP contribution in [0.2, 0.25) is 0 Å². The molecule has 2 aliphatic heterocycles. The van der Waals surface area contributed by atoms with Crippen molar-refractivity contribution in [2.75, 3.05) is 50.9 Å². The van der Waals surface area contributed by atoms with Crippen LogP contribution in [0, 0.1) is 0 Å². The summed E-state index contributed by atoms with van der Waals surface area (Å²) in [4.78, 5) is 27.5. The fourth-order valence-corrected chi connectivity index (χ4v) is 5.66. The second kappa shape index (κ2) is 11.7. The molecule has 36 heavy (non-hydrogen) atoms. The molecule has 2 aromatic carbocycles. The SMILES string of the molecule is CCc1ccc(OCC(=O)NNC(=O)c2cc(S(=O)(=O)N3CCOCC3)ccc2N2CCCC2)cc1. The molecule has 10 nitrogen and oxygen atoms in total. The molecule has 0 unspecified atom stereocenters. The van der Waals surface area contributed by atoms with Gasteiger partial charge in [0.05, 0.1) is 23.7 Å². The summed E-state index contributed by atoms with van der Waals surface area (Å²) in [5.74, 6) is -0.592. The third kappa shape index (κ3) is 6.15. The molecular formula is C25H32N4O6S. The summed E-state index contributed by atoms with van der Waals surface area (Å²) < 4.78 is 38.4. The number of nitrogens with one attached hydrogen (secondary N) is 2. The number of ether oxygens (including phenoxy) is 2. The smallest absolute Gasteiger partial charge is 0.276 e. The minimum Gasteiger partial charge on any atom is -0.484 e. The van der Waals surface area contributed by atoms with Crippen LogP contribution in [0.15, 0.2) is 47.4 Å². The van der Waals surface area contributed by atoms with Crippen LogP contribution in [0.25, 0.3) is 0 Å². The lowest BCUT2D eigenvalue weighted by Crippen LogP contribution is -2.44. The molecule has 0 saturated carbocycles. The predicted octanol–water partition coefficient (Wildman–Crippen LogP) is 1.71. The van der Waals surface area contributed by atoms with Crippen LogP contribution in [0.4, 0.5) is 5.69 Å². The van der Waals surface area contributed by atoms with E-state index in [0.29, 0.717) is 24.7 Å². The molecule has 2 N–H and O–H groups in total. The van der Waals surface area contributed by atoms with Gasteiger partial charge >= 0.3 is 0 Å². The summed E-state index contributed by atoms with van der Waals surface area (Å²) in [6.45, 7) is 4.49. The van der Waals surface area contributed by atoms with E-state index in [1.54, 1.807) is 18.2 Å². The van der Waals surface area contributed by atoms with E-state index >= 15 is 0 Å². The van der Waals surface area contributed by atoms with Crippen LogP contribution in [-0.4, -0.2) is 70.5 Å². The van der Waals surface area contributed by atoms with Crippen LogP contribution in [0.1, 0.15) is 35.7 Å². The van der Waals surface area contributed by atoms with Crippen LogP contribution in [0.3, 0.4) is 0 Å². The molecule has 2 fully saturated rings. The number of carbonyl (C=O) groups is 2.